The molecule has 148 valence electrons. The number of amides is 2. The van der Waals surface area contributed by atoms with Gasteiger partial charge in [-0.1, -0.05) is 22.6 Å². The molecule has 1 aromatic carbocycles. The Bertz CT molecular complexity index is 1230. The Morgan fingerprint density at radius 1 is 1.25 bits per heavy atom. The monoisotopic (exact) mass is 422 g/mol. The van der Waals surface area contributed by atoms with Crippen LogP contribution in [-0.4, -0.2) is 41.5 Å². The fourth-order valence-corrected chi connectivity index (χ4v) is 4.68. The molecule has 0 aliphatic heterocycles. The lowest BCUT2D eigenvalue weighted by molar-refractivity contribution is -0.115. The molecule has 0 aliphatic rings. The predicted molar refractivity (Wildman–Crippen MR) is 105 cm³/mol. The number of aromatic nitrogens is 2. The molecule has 0 saturated carbocycles. The zero-order valence-corrected chi connectivity index (χ0v) is 17.1. The summed E-state index contributed by atoms with van der Waals surface area (Å²) in [7, 11) is -2.23. The number of fused-ring (bicyclic) bond motifs is 1. The van der Waals surface area contributed by atoms with E-state index in [9.17, 15) is 18.0 Å². The van der Waals surface area contributed by atoms with Gasteiger partial charge in [0.25, 0.3) is 5.91 Å². The number of rotatable bonds is 5. The van der Waals surface area contributed by atoms with Crippen molar-refractivity contribution in [3.63, 3.8) is 0 Å². The van der Waals surface area contributed by atoms with Crippen LogP contribution in [0.1, 0.15) is 11.3 Å². The van der Waals surface area contributed by atoms with Crippen LogP contribution in [0.3, 0.4) is 0 Å². The number of anilines is 1. The van der Waals surface area contributed by atoms with Gasteiger partial charge >= 0.3 is 0 Å². The second-order valence-corrected chi connectivity index (χ2v) is 9.40. The van der Waals surface area contributed by atoms with Gasteiger partial charge in [-0.15, -0.1) is 0 Å². The van der Waals surface area contributed by atoms with E-state index in [1.165, 1.54) is 17.4 Å². The largest absolute Gasteiger partial charge is 0.360 e. The Balaban J connectivity index is 1.72. The summed E-state index contributed by atoms with van der Waals surface area (Å²) in [5.41, 5.74) is 1.97. The van der Waals surface area contributed by atoms with Crippen molar-refractivity contribution in [2.75, 3.05) is 16.8 Å². The average Bonchev–Trinajstić information content (AvgIpc) is 3.09. The van der Waals surface area contributed by atoms with Gasteiger partial charge in [-0.05, 0) is 31.5 Å². The third-order valence-electron chi connectivity index (χ3n) is 3.78. The van der Waals surface area contributed by atoms with Crippen molar-refractivity contribution in [1.29, 1.82) is 0 Å². The fourth-order valence-electron chi connectivity index (χ4n) is 2.53. The van der Waals surface area contributed by atoms with Gasteiger partial charge in [0.05, 0.1) is 10.2 Å². The molecule has 2 amide bonds. The van der Waals surface area contributed by atoms with Gasteiger partial charge in [-0.2, -0.15) is 4.99 Å². The van der Waals surface area contributed by atoms with Crippen LogP contribution in [-0.2, 0) is 26.5 Å². The standard InChI is InChI=1S/C17H18N4O5S2/c1-10-4-5-12-13(6-10)27-17(21(12)3)19-16(23)9-28(24,25)8-15(22)18-14-7-11(2)26-20-14/h4-7H,8-9H2,1-3H3,(H,18,20,22). The summed E-state index contributed by atoms with van der Waals surface area (Å²) >= 11 is 1.29. The highest BCUT2D eigenvalue weighted by Gasteiger charge is 2.21. The molecular formula is C17H18N4O5S2. The van der Waals surface area contributed by atoms with Crippen molar-refractivity contribution in [2.24, 2.45) is 12.0 Å². The van der Waals surface area contributed by atoms with Crippen molar-refractivity contribution in [1.82, 2.24) is 9.72 Å². The van der Waals surface area contributed by atoms with Crippen LogP contribution in [0.5, 0.6) is 0 Å². The second kappa shape index (κ2) is 7.68. The van der Waals surface area contributed by atoms with Crippen molar-refractivity contribution in [2.45, 2.75) is 13.8 Å². The maximum atomic E-state index is 12.2. The Morgan fingerprint density at radius 3 is 2.68 bits per heavy atom. The summed E-state index contributed by atoms with van der Waals surface area (Å²) < 4.78 is 31.8. The van der Waals surface area contributed by atoms with Gasteiger partial charge in [-0.3, -0.25) is 9.59 Å². The van der Waals surface area contributed by atoms with Crippen LogP contribution < -0.4 is 10.1 Å². The summed E-state index contributed by atoms with van der Waals surface area (Å²) in [4.78, 5) is 28.3. The van der Waals surface area contributed by atoms with Gasteiger partial charge in [-0.25, -0.2) is 8.42 Å². The predicted octanol–water partition coefficient (Wildman–Crippen LogP) is 1.33. The minimum atomic E-state index is -3.98. The van der Waals surface area contributed by atoms with E-state index in [2.05, 4.69) is 15.5 Å². The lowest BCUT2D eigenvalue weighted by atomic mass is 10.2. The molecule has 0 atom stereocenters. The quantitative estimate of drug-likeness (QED) is 0.661. The van der Waals surface area contributed by atoms with E-state index in [1.54, 1.807) is 18.5 Å². The number of carbonyl (C=O) groups is 2. The third kappa shape index (κ3) is 4.73. The van der Waals surface area contributed by atoms with Gasteiger partial charge in [0.2, 0.25) is 5.91 Å². The van der Waals surface area contributed by atoms with Crippen LogP contribution >= 0.6 is 11.3 Å². The summed E-state index contributed by atoms with van der Waals surface area (Å²) in [6.07, 6.45) is 0. The first-order chi connectivity index (χ1) is 13.1. The van der Waals surface area contributed by atoms with Crippen LogP contribution in [0.25, 0.3) is 10.2 Å². The van der Waals surface area contributed by atoms with E-state index in [0.29, 0.717) is 10.6 Å². The number of carbonyl (C=O) groups excluding carboxylic acids is 2. The molecule has 28 heavy (non-hydrogen) atoms. The van der Waals surface area contributed by atoms with Crippen molar-refractivity contribution in [3.8, 4) is 0 Å². The van der Waals surface area contributed by atoms with Gasteiger partial charge < -0.3 is 14.4 Å². The van der Waals surface area contributed by atoms with Crippen LogP contribution in [0.4, 0.5) is 5.82 Å². The van der Waals surface area contributed by atoms with Crippen LogP contribution in [0.15, 0.2) is 33.8 Å². The summed E-state index contributed by atoms with van der Waals surface area (Å²) in [5.74, 6) is -2.75. The second-order valence-electron chi connectivity index (χ2n) is 6.32. The molecule has 2 aromatic heterocycles. The van der Waals surface area contributed by atoms with E-state index in [1.807, 2.05) is 25.1 Å². The number of nitrogens with zero attached hydrogens (tertiary/aromatic N) is 3. The van der Waals surface area contributed by atoms with Gasteiger partial charge in [0, 0.05) is 13.1 Å². The first kappa shape index (κ1) is 20.0. The molecule has 3 aromatic rings. The van der Waals surface area contributed by atoms with Crippen molar-refractivity contribution < 1.29 is 22.5 Å². The van der Waals surface area contributed by atoms with Gasteiger partial charge in [0.15, 0.2) is 20.5 Å². The molecule has 0 fully saturated rings. The zero-order chi connectivity index (χ0) is 20.5. The SMILES string of the molecule is Cc1ccc2c(c1)sc(=NC(=O)CS(=O)(=O)CC(=O)Nc1cc(C)on1)n2C. The number of hydrogen-bond acceptors (Lipinski definition) is 7. The lowest BCUT2D eigenvalue weighted by Gasteiger charge is -2.02. The molecule has 0 unspecified atom stereocenters. The first-order valence-corrected chi connectivity index (χ1v) is 10.8. The smallest absolute Gasteiger partial charge is 0.263 e. The summed E-state index contributed by atoms with van der Waals surface area (Å²) in [6, 6.07) is 7.28. The van der Waals surface area contributed by atoms with Crippen molar-refractivity contribution >= 4 is 49.0 Å². The Hall–Kier alpha value is -2.79. The minimum absolute atomic E-state index is 0.112. The highest BCUT2D eigenvalue weighted by atomic mass is 32.2. The molecule has 9 nitrogen and oxygen atoms in total. The van der Waals surface area contributed by atoms with Crippen molar-refractivity contribution in [3.05, 3.63) is 40.4 Å². The third-order valence-corrected chi connectivity index (χ3v) is 6.26. The first-order valence-electron chi connectivity index (χ1n) is 8.20. The van der Waals surface area contributed by atoms with Crippen LogP contribution in [0, 0.1) is 13.8 Å². The maximum Gasteiger partial charge on any atom is 0.263 e. The van der Waals surface area contributed by atoms with Crippen LogP contribution in [0.2, 0.25) is 0 Å². The number of aryl methyl sites for hydroxylation is 3. The van der Waals surface area contributed by atoms with E-state index < -0.39 is 33.2 Å². The van der Waals surface area contributed by atoms with E-state index >= 15 is 0 Å². The number of benzene rings is 1. The normalized spacial score (nSPS) is 12.5. The molecule has 0 saturated heterocycles. The zero-order valence-electron chi connectivity index (χ0n) is 15.4. The van der Waals surface area contributed by atoms with E-state index in [-0.39, 0.29) is 5.82 Å². The molecule has 0 aliphatic carbocycles. The summed E-state index contributed by atoms with van der Waals surface area (Å²) in [6.45, 7) is 3.59. The molecule has 1 N–H and O–H groups in total. The maximum absolute atomic E-state index is 12.2. The Morgan fingerprint density at radius 2 is 2.00 bits per heavy atom. The minimum Gasteiger partial charge on any atom is -0.360 e. The number of hydrogen-bond donors (Lipinski definition) is 1. The molecule has 3 rings (SSSR count). The molecule has 11 heteroatoms. The lowest BCUT2D eigenvalue weighted by Crippen LogP contribution is -2.28. The topological polar surface area (TPSA) is 124 Å². The molecule has 0 radical (unpaired) electrons. The van der Waals surface area contributed by atoms with E-state index in [0.717, 1.165) is 15.8 Å². The Kier molecular flexibility index (Phi) is 5.47. The molecule has 2 heterocycles. The van der Waals surface area contributed by atoms with E-state index in [4.69, 9.17) is 4.52 Å². The van der Waals surface area contributed by atoms with Gasteiger partial charge in [0.1, 0.15) is 17.3 Å². The molecule has 0 bridgehead atoms. The molecule has 0 spiro atoms. The summed E-state index contributed by atoms with van der Waals surface area (Å²) in [5, 5.41) is 5.86. The fraction of sp³-hybridized carbons (Fsp3) is 0.294. The number of nitrogens with one attached hydrogen (secondary N) is 1. The Labute approximate surface area is 164 Å². The molecular weight excluding hydrogens is 404 g/mol. The average molecular weight is 422 g/mol. The number of sulfone groups is 1. The highest BCUT2D eigenvalue weighted by molar-refractivity contribution is 7.92. The highest BCUT2D eigenvalue weighted by Crippen LogP contribution is 2.17. The number of thiazole rings is 1.